The van der Waals surface area contributed by atoms with Crippen LogP contribution in [0.15, 0.2) is 11.4 Å². The molecule has 5 heteroatoms. The number of carbonyl (C=O) groups is 1. The first-order chi connectivity index (χ1) is 8.39. The molecule has 0 saturated heterocycles. The summed E-state index contributed by atoms with van der Waals surface area (Å²) in [5, 5.41) is 13.7. The molecule has 2 rings (SSSR count). The van der Waals surface area contributed by atoms with Crippen LogP contribution in [0, 0.1) is 5.41 Å². The van der Waals surface area contributed by atoms with Gasteiger partial charge in [0.05, 0.1) is 12.6 Å². The van der Waals surface area contributed by atoms with E-state index in [2.05, 4.69) is 5.32 Å². The number of fused-ring (bicyclic) bond motifs is 1. The SMILES string of the molecule is CC(C)(C)C(NC(=O)O)C1OCCc2sccc21. The molecule has 1 aromatic heterocycles. The number of nitrogens with one attached hydrogen (secondary N) is 1. The minimum absolute atomic E-state index is 0.184. The molecule has 0 aromatic carbocycles. The van der Waals surface area contributed by atoms with Crippen LogP contribution >= 0.6 is 11.3 Å². The summed E-state index contributed by atoms with van der Waals surface area (Å²) in [7, 11) is 0. The fraction of sp³-hybridized carbons (Fsp3) is 0.615. The molecule has 0 spiro atoms. The first kappa shape index (κ1) is 13.4. The fourth-order valence-electron chi connectivity index (χ4n) is 2.33. The highest BCUT2D eigenvalue weighted by atomic mass is 32.1. The molecule has 1 aliphatic rings. The van der Waals surface area contributed by atoms with Gasteiger partial charge in [0.25, 0.3) is 0 Å². The Morgan fingerprint density at radius 1 is 1.61 bits per heavy atom. The Bertz CT molecular complexity index is 436. The lowest BCUT2D eigenvalue weighted by Crippen LogP contribution is -2.48. The van der Waals surface area contributed by atoms with E-state index in [1.54, 1.807) is 11.3 Å². The predicted octanol–water partition coefficient (Wildman–Crippen LogP) is 3.04. The molecule has 0 bridgehead atoms. The highest BCUT2D eigenvalue weighted by molar-refractivity contribution is 7.10. The first-order valence-corrected chi connectivity index (χ1v) is 6.95. The van der Waals surface area contributed by atoms with Crippen molar-refractivity contribution in [2.45, 2.75) is 39.3 Å². The van der Waals surface area contributed by atoms with E-state index >= 15 is 0 Å². The maximum atomic E-state index is 11.0. The number of hydrogen-bond acceptors (Lipinski definition) is 3. The molecule has 2 atom stereocenters. The van der Waals surface area contributed by atoms with Gasteiger partial charge in [-0.1, -0.05) is 20.8 Å². The van der Waals surface area contributed by atoms with Gasteiger partial charge in [-0.15, -0.1) is 11.3 Å². The molecular formula is C13H19NO3S. The van der Waals surface area contributed by atoms with Crippen LogP contribution in [0.25, 0.3) is 0 Å². The third-order valence-electron chi connectivity index (χ3n) is 3.23. The average Bonchev–Trinajstić information content (AvgIpc) is 2.71. The molecule has 0 saturated carbocycles. The van der Waals surface area contributed by atoms with Crippen molar-refractivity contribution in [1.29, 1.82) is 0 Å². The maximum absolute atomic E-state index is 11.0. The second kappa shape index (κ2) is 4.90. The summed E-state index contributed by atoms with van der Waals surface area (Å²) in [4.78, 5) is 12.3. The van der Waals surface area contributed by atoms with E-state index in [0.717, 1.165) is 12.0 Å². The average molecular weight is 269 g/mol. The molecule has 2 N–H and O–H groups in total. The van der Waals surface area contributed by atoms with Crippen LogP contribution in [-0.4, -0.2) is 23.8 Å². The van der Waals surface area contributed by atoms with Crippen LogP contribution < -0.4 is 5.32 Å². The second-order valence-corrected chi connectivity index (χ2v) is 6.63. The molecule has 1 amide bonds. The number of carboxylic acid groups (broad SMARTS) is 1. The standard InChI is InChI=1S/C13H19NO3S/c1-13(2,3)11(14-12(15)16)10-8-5-7-18-9(8)4-6-17-10/h5,7,10-11,14H,4,6H2,1-3H3,(H,15,16). The monoisotopic (exact) mass is 269 g/mol. The van der Waals surface area contributed by atoms with Crippen LogP contribution in [0.4, 0.5) is 4.79 Å². The van der Waals surface area contributed by atoms with Crippen molar-refractivity contribution in [2.75, 3.05) is 6.61 Å². The van der Waals surface area contributed by atoms with Crippen molar-refractivity contribution in [3.8, 4) is 0 Å². The molecule has 1 aromatic rings. The highest BCUT2D eigenvalue weighted by Gasteiger charge is 2.38. The molecule has 1 aliphatic heterocycles. The van der Waals surface area contributed by atoms with Crippen molar-refractivity contribution in [3.05, 3.63) is 21.9 Å². The zero-order valence-corrected chi connectivity index (χ0v) is 11.7. The van der Waals surface area contributed by atoms with Crippen molar-refractivity contribution < 1.29 is 14.6 Å². The van der Waals surface area contributed by atoms with Gasteiger partial charge < -0.3 is 15.2 Å². The predicted molar refractivity (Wildman–Crippen MR) is 71.1 cm³/mol. The van der Waals surface area contributed by atoms with E-state index in [1.165, 1.54) is 4.88 Å². The molecule has 100 valence electrons. The normalized spacial score (nSPS) is 21.2. The molecule has 4 nitrogen and oxygen atoms in total. The van der Waals surface area contributed by atoms with Gasteiger partial charge in [-0.2, -0.15) is 0 Å². The molecule has 0 radical (unpaired) electrons. The zero-order valence-electron chi connectivity index (χ0n) is 10.9. The van der Waals surface area contributed by atoms with E-state index in [4.69, 9.17) is 9.84 Å². The quantitative estimate of drug-likeness (QED) is 0.867. The Morgan fingerprint density at radius 2 is 2.33 bits per heavy atom. The lowest BCUT2D eigenvalue weighted by molar-refractivity contribution is -0.0115. The van der Waals surface area contributed by atoms with Crippen LogP contribution in [0.3, 0.4) is 0 Å². The zero-order chi connectivity index (χ0) is 13.3. The number of ether oxygens (including phenoxy) is 1. The topological polar surface area (TPSA) is 58.6 Å². The van der Waals surface area contributed by atoms with Crippen molar-refractivity contribution in [3.63, 3.8) is 0 Å². The van der Waals surface area contributed by atoms with Gasteiger partial charge in [-0.05, 0) is 22.4 Å². The van der Waals surface area contributed by atoms with Crippen molar-refractivity contribution >= 4 is 17.4 Å². The van der Waals surface area contributed by atoms with Crippen LogP contribution in [0.5, 0.6) is 0 Å². The summed E-state index contributed by atoms with van der Waals surface area (Å²) in [5.74, 6) is 0. The van der Waals surface area contributed by atoms with Gasteiger partial charge in [0.1, 0.15) is 6.10 Å². The Balaban J connectivity index is 2.30. The van der Waals surface area contributed by atoms with Gasteiger partial charge in [-0.25, -0.2) is 4.79 Å². The fourth-order valence-corrected chi connectivity index (χ4v) is 3.23. The largest absolute Gasteiger partial charge is 0.465 e. The molecule has 0 fully saturated rings. The van der Waals surface area contributed by atoms with Gasteiger partial charge >= 0.3 is 6.09 Å². The van der Waals surface area contributed by atoms with Gasteiger partial charge in [-0.3, -0.25) is 0 Å². The maximum Gasteiger partial charge on any atom is 0.404 e. The molecular weight excluding hydrogens is 250 g/mol. The smallest absolute Gasteiger partial charge is 0.404 e. The molecule has 2 heterocycles. The summed E-state index contributed by atoms with van der Waals surface area (Å²) in [6.45, 7) is 6.74. The summed E-state index contributed by atoms with van der Waals surface area (Å²) >= 11 is 1.72. The van der Waals surface area contributed by atoms with E-state index in [-0.39, 0.29) is 17.6 Å². The minimum atomic E-state index is -0.999. The van der Waals surface area contributed by atoms with E-state index in [1.807, 2.05) is 32.2 Å². The van der Waals surface area contributed by atoms with Crippen molar-refractivity contribution in [2.24, 2.45) is 5.41 Å². The summed E-state index contributed by atoms with van der Waals surface area (Å²) in [5.41, 5.74) is 0.944. The summed E-state index contributed by atoms with van der Waals surface area (Å²) < 4.78 is 5.83. The van der Waals surface area contributed by atoms with E-state index < -0.39 is 6.09 Å². The van der Waals surface area contributed by atoms with E-state index in [9.17, 15) is 4.79 Å². The molecule has 0 aliphatic carbocycles. The lowest BCUT2D eigenvalue weighted by Gasteiger charge is -2.38. The third kappa shape index (κ3) is 2.67. The third-order valence-corrected chi connectivity index (χ3v) is 4.22. The Hall–Kier alpha value is -1.07. The minimum Gasteiger partial charge on any atom is -0.465 e. The summed E-state index contributed by atoms with van der Waals surface area (Å²) in [6.07, 6.45) is -0.259. The molecule has 18 heavy (non-hydrogen) atoms. The van der Waals surface area contributed by atoms with Crippen LogP contribution in [-0.2, 0) is 11.2 Å². The number of hydrogen-bond donors (Lipinski definition) is 2. The second-order valence-electron chi connectivity index (χ2n) is 5.63. The Labute approximate surface area is 111 Å². The van der Waals surface area contributed by atoms with E-state index in [0.29, 0.717) is 6.61 Å². The summed E-state index contributed by atoms with van der Waals surface area (Å²) in [6, 6.07) is 1.80. The van der Waals surface area contributed by atoms with Crippen LogP contribution in [0.1, 0.15) is 37.3 Å². The first-order valence-electron chi connectivity index (χ1n) is 6.07. The number of amides is 1. The lowest BCUT2D eigenvalue weighted by atomic mass is 9.80. The number of rotatable bonds is 2. The van der Waals surface area contributed by atoms with Crippen LogP contribution in [0.2, 0.25) is 0 Å². The van der Waals surface area contributed by atoms with Gasteiger partial charge in [0.15, 0.2) is 0 Å². The number of thiophene rings is 1. The van der Waals surface area contributed by atoms with Gasteiger partial charge in [0, 0.05) is 11.3 Å². The Morgan fingerprint density at radius 3 is 2.94 bits per heavy atom. The Kier molecular flexibility index (Phi) is 3.64. The molecule has 2 unspecified atom stereocenters. The highest BCUT2D eigenvalue weighted by Crippen LogP contribution is 2.38. The van der Waals surface area contributed by atoms with Crippen molar-refractivity contribution in [1.82, 2.24) is 5.32 Å². The van der Waals surface area contributed by atoms with Gasteiger partial charge in [0.2, 0.25) is 0 Å².